The Balaban J connectivity index is 1.74. The van der Waals surface area contributed by atoms with Crippen molar-refractivity contribution in [1.29, 1.82) is 0 Å². The average molecular weight is 225 g/mol. The molecule has 1 aliphatic carbocycles. The van der Waals surface area contributed by atoms with Gasteiger partial charge in [-0.2, -0.15) is 11.8 Å². The fourth-order valence-corrected chi connectivity index (χ4v) is 2.96. The molecule has 1 N–H and O–H groups in total. The lowest BCUT2D eigenvalue weighted by Gasteiger charge is -2.40. The Kier molecular flexibility index (Phi) is 3.42. The van der Waals surface area contributed by atoms with Gasteiger partial charge in [-0.25, -0.2) is 0 Å². The minimum atomic E-state index is 0.516. The number of nitrogens with one attached hydrogen (secondary N) is 1. The van der Waals surface area contributed by atoms with E-state index >= 15 is 0 Å². The van der Waals surface area contributed by atoms with Crippen LogP contribution in [0.25, 0.3) is 0 Å². The first kappa shape index (κ1) is 11.1. The monoisotopic (exact) mass is 225 g/mol. The fraction of sp³-hybridized carbons (Fsp3) is 0.667. The lowest BCUT2D eigenvalue weighted by Crippen LogP contribution is -2.43. The third kappa shape index (κ3) is 2.58. The molecule has 1 aromatic rings. The molecule has 1 heterocycles. The van der Waals surface area contributed by atoms with Crippen LogP contribution in [0, 0.1) is 6.92 Å². The summed E-state index contributed by atoms with van der Waals surface area (Å²) in [5, 5.41) is 3.49. The molecule has 3 heteroatoms. The second-order valence-corrected chi connectivity index (χ2v) is 5.63. The van der Waals surface area contributed by atoms with Crippen LogP contribution in [0.3, 0.4) is 0 Å². The molecule has 15 heavy (non-hydrogen) atoms. The van der Waals surface area contributed by atoms with Crippen LogP contribution >= 0.6 is 11.8 Å². The number of hydrogen-bond acceptors (Lipinski definition) is 3. The molecule has 84 valence electrons. The predicted molar refractivity (Wildman–Crippen MR) is 65.2 cm³/mol. The van der Waals surface area contributed by atoms with Gasteiger partial charge in [0, 0.05) is 11.3 Å². The fourth-order valence-electron chi connectivity index (χ4n) is 2.02. The first-order chi connectivity index (χ1) is 7.24. The molecule has 2 nitrogen and oxygen atoms in total. The van der Waals surface area contributed by atoms with E-state index in [0.29, 0.717) is 4.75 Å². The molecule has 0 unspecified atom stereocenters. The normalized spacial score (nSPS) is 18.8. The molecule has 1 aliphatic rings. The highest BCUT2D eigenvalue weighted by atomic mass is 32.2. The third-order valence-corrected chi connectivity index (χ3v) is 4.66. The molecule has 2 rings (SSSR count). The lowest BCUT2D eigenvalue weighted by atomic mass is 9.84. The molecule has 0 radical (unpaired) electrons. The highest BCUT2D eigenvalue weighted by Gasteiger charge is 2.35. The molecule has 0 saturated heterocycles. The number of rotatable bonds is 5. The maximum Gasteiger partial charge on any atom is 0.117 e. The minimum absolute atomic E-state index is 0.516. The van der Waals surface area contributed by atoms with E-state index in [9.17, 15) is 0 Å². The van der Waals surface area contributed by atoms with E-state index in [2.05, 4.69) is 17.6 Å². The van der Waals surface area contributed by atoms with Crippen molar-refractivity contribution in [1.82, 2.24) is 5.32 Å². The summed E-state index contributed by atoms with van der Waals surface area (Å²) in [4.78, 5) is 0. The van der Waals surface area contributed by atoms with Crippen LogP contribution < -0.4 is 5.32 Å². The molecule has 1 aromatic heterocycles. The summed E-state index contributed by atoms with van der Waals surface area (Å²) in [6, 6.07) is 4.07. The highest BCUT2D eigenvalue weighted by Crippen LogP contribution is 2.42. The van der Waals surface area contributed by atoms with E-state index < -0.39 is 0 Å². The summed E-state index contributed by atoms with van der Waals surface area (Å²) in [6.45, 7) is 3.95. The lowest BCUT2D eigenvalue weighted by molar-refractivity contribution is 0.338. The summed E-state index contributed by atoms with van der Waals surface area (Å²) in [5.41, 5.74) is 0. The van der Waals surface area contributed by atoms with Gasteiger partial charge >= 0.3 is 0 Å². The largest absolute Gasteiger partial charge is 0.465 e. The summed E-state index contributed by atoms with van der Waals surface area (Å²) < 4.78 is 6.03. The second-order valence-electron chi connectivity index (χ2n) is 4.36. The van der Waals surface area contributed by atoms with Gasteiger partial charge in [-0.05, 0) is 38.2 Å². The van der Waals surface area contributed by atoms with Gasteiger partial charge in [0.05, 0.1) is 6.54 Å². The van der Waals surface area contributed by atoms with Crippen LogP contribution in [-0.4, -0.2) is 17.5 Å². The van der Waals surface area contributed by atoms with Gasteiger partial charge in [0.2, 0.25) is 0 Å². The van der Waals surface area contributed by atoms with Crippen molar-refractivity contribution in [2.24, 2.45) is 0 Å². The SMILES string of the molecule is CSC1(CNCc2ccc(C)o2)CCC1. The zero-order valence-corrected chi connectivity index (χ0v) is 10.3. The van der Waals surface area contributed by atoms with Crippen LogP contribution in [0.1, 0.15) is 30.8 Å². The summed E-state index contributed by atoms with van der Waals surface area (Å²) in [7, 11) is 0. The topological polar surface area (TPSA) is 25.2 Å². The molecule has 0 spiro atoms. The van der Waals surface area contributed by atoms with Crippen molar-refractivity contribution >= 4 is 11.8 Å². The standard InChI is InChI=1S/C12H19NOS/c1-10-4-5-11(14-10)8-13-9-12(15-2)6-3-7-12/h4-5,13H,3,6-9H2,1-2H3. The van der Waals surface area contributed by atoms with E-state index in [1.165, 1.54) is 19.3 Å². The smallest absolute Gasteiger partial charge is 0.117 e. The predicted octanol–water partition coefficient (Wildman–Crippen LogP) is 2.96. The Morgan fingerprint density at radius 1 is 1.47 bits per heavy atom. The van der Waals surface area contributed by atoms with Crippen LogP contribution in [0.4, 0.5) is 0 Å². The summed E-state index contributed by atoms with van der Waals surface area (Å²) in [6.07, 6.45) is 6.33. The minimum Gasteiger partial charge on any atom is -0.465 e. The van der Waals surface area contributed by atoms with Gasteiger partial charge in [-0.15, -0.1) is 0 Å². The number of hydrogen-bond donors (Lipinski definition) is 1. The van der Waals surface area contributed by atoms with Crippen LogP contribution in [-0.2, 0) is 6.54 Å². The Labute approximate surface area is 95.8 Å². The second kappa shape index (κ2) is 4.62. The van der Waals surface area contributed by atoms with E-state index in [0.717, 1.165) is 24.6 Å². The van der Waals surface area contributed by atoms with Gasteiger partial charge in [0.15, 0.2) is 0 Å². The average Bonchev–Trinajstić information content (AvgIpc) is 2.56. The van der Waals surface area contributed by atoms with Gasteiger partial charge < -0.3 is 9.73 Å². The number of aryl methyl sites for hydroxylation is 1. The highest BCUT2D eigenvalue weighted by molar-refractivity contribution is 8.00. The first-order valence-electron chi connectivity index (χ1n) is 5.55. The van der Waals surface area contributed by atoms with Crippen molar-refractivity contribution in [2.45, 2.75) is 37.5 Å². The molecule has 1 fully saturated rings. The number of thioether (sulfide) groups is 1. The Hall–Kier alpha value is -0.410. The summed E-state index contributed by atoms with van der Waals surface area (Å²) in [5.74, 6) is 2.04. The van der Waals surface area contributed by atoms with E-state index in [-0.39, 0.29) is 0 Å². The van der Waals surface area contributed by atoms with Crippen molar-refractivity contribution in [3.05, 3.63) is 23.7 Å². The van der Waals surface area contributed by atoms with Crippen molar-refractivity contribution in [3.63, 3.8) is 0 Å². The van der Waals surface area contributed by atoms with Crippen LogP contribution in [0.2, 0.25) is 0 Å². The Bertz CT molecular complexity index is 312. The van der Waals surface area contributed by atoms with Crippen molar-refractivity contribution in [2.75, 3.05) is 12.8 Å². The van der Waals surface area contributed by atoms with Crippen LogP contribution in [0.5, 0.6) is 0 Å². The molecule has 0 bridgehead atoms. The first-order valence-corrected chi connectivity index (χ1v) is 6.78. The maximum atomic E-state index is 5.51. The van der Waals surface area contributed by atoms with E-state index in [1.807, 2.05) is 24.8 Å². The quantitative estimate of drug-likeness (QED) is 0.834. The molecule has 1 saturated carbocycles. The molecule has 0 atom stereocenters. The van der Waals surface area contributed by atoms with E-state index in [1.54, 1.807) is 0 Å². The van der Waals surface area contributed by atoms with Crippen molar-refractivity contribution < 1.29 is 4.42 Å². The number of furan rings is 1. The van der Waals surface area contributed by atoms with Gasteiger partial charge in [-0.1, -0.05) is 6.42 Å². The molecule has 0 aliphatic heterocycles. The third-order valence-electron chi connectivity index (χ3n) is 3.24. The van der Waals surface area contributed by atoms with Crippen molar-refractivity contribution in [3.8, 4) is 0 Å². The molecular formula is C12H19NOS. The van der Waals surface area contributed by atoms with Gasteiger partial charge in [0.1, 0.15) is 11.5 Å². The summed E-state index contributed by atoms with van der Waals surface area (Å²) >= 11 is 2.01. The zero-order chi connectivity index (χ0) is 10.7. The van der Waals surface area contributed by atoms with Gasteiger partial charge in [-0.3, -0.25) is 0 Å². The molecule has 0 aromatic carbocycles. The zero-order valence-electron chi connectivity index (χ0n) is 9.51. The maximum absolute atomic E-state index is 5.51. The molecule has 0 amide bonds. The molecular weight excluding hydrogens is 206 g/mol. The Morgan fingerprint density at radius 3 is 2.73 bits per heavy atom. The van der Waals surface area contributed by atoms with E-state index in [4.69, 9.17) is 4.42 Å². The van der Waals surface area contributed by atoms with Crippen LogP contribution in [0.15, 0.2) is 16.5 Å². The Morgan fingerprint density at radius 2 is 2.27 bits per heavy atom. The van der Waals surface area contributed by atoms with Gasteiger partial charge in [0.25, 0.3) is 0 Å².